The largest absolute Gasteiger partial charge is 0.454 e. The summed E-state index contributed by atoms with van der Waals surface area (Å²) in [4.78, 5) is 15.7. The van der Waals surface area contributed by atoms with E-state index in [1.807, 2.05) is 0 Å². The standard InChI is InChI=1S/C15H17F2N3O4S/c1-25(22,23)19-7-6-11-2-4-12(5-3-11)14(21)24-10-13-18-8-9-20(13)15(16)17/h2-5,8-9,15,19H,6-7,10H2,1H3. The zero-order valence-corrected chi connectivity index (χ0v) is 14.2. The third-order valence-corrected chi connectivity index (χ3v) is 3.99. The topological polar surface area (TPSA) is 90.3 Å². The van der Waals surface area contributed by atoms with Gasteiger partial charge in [-0.25, -0.2) is 22.9 Å². The highest BCUT2D eigenvalue weighted by Gasteiger charge is 2.14. The van der Waals surface area contributed by atoms with Gasteiger partial charge < -0.3 is 4.74 Å². The second kappa shape index (κ2) is 8.17. The molecule has 1 aromatic carbocycles. The highest BCUT2D eigenvalue weighted by molar-refractivity contribution is 7.88. The van der Waals surface area contributed by atoms with Crippen LogP contribution in [0.5, 0.6) is 0 Å². The minimum atomic E-state index is -3.24. The number of carbonyl (C=O) groups excluding carboxylic acids is 1. The van der Waals surface area contributed by atoms with Gasteiger partial charge in [0.15, 0.2) is 5.82 Å². The van der Waals surface area contributed by atoms with Gasteiger partial charge in [-0.15, -0.1) is 0 Å². The van der Waals surface area contributed by atoms with E-state index in [1.165, 1.54) is 18.3 Å². The van der Waals surface area contributed by atoms with Gasteiger partial charge in [-0.2, -0.15) is 8.78 Å². The van der Waals surface area contributed by atoms with Crippen LogP contribution < -0.4 is 4.72 Å². The van der Waals surface area contributed by atoms with Crippen LogP contribution in [0.4, 0.5) is 8.78 Å². The highest BCUT2D eigenvalue weighted by Crippen LogP contribution is 2.14. The smallest absolute Gasteiger partial charge is 0.338 e. The van der Waals surface area contributed by atoms with E-state index in [2.05, 4.69) is 9.71 Å². The van der Waals surface area contributed by atoms with Gasteiger partial charge in [0.25, 0.3) is 0 Å². The lowest BCUT2D eigenvalue weighted by atomic mass is 10.1. The molecule has 0 amide bonds. The number of ether oxygens (including phenoxy) is 1. The number of benzene rings is 1. The second-order valence-electron chi connectivity index (χ2n) is 5.22. The summed E-state index contributed by atoms with van der Waals surface area (Å²) in [5.74, 6) is -0.712. The fraction of sp³-hybridized carbons (Fsp3) is 0.333. The number of carbonyl (C=O) groups is 1. The van der Waals surface area contributed by atoms with E-state index in [4.69, 9.17) is 4.74 Å². The molecule has 136 valence electrons. The lowest BCUT2D eigenvalue weighted by molar-refractivity contribution is 0.0376. The van der Waals surface area contributed by atoms with Crippen molar-refractivity contribution in [2.75, 3.05) is 12.8 Å². The van der Waals surface area contributed by atoms with E-state index in [0.29, 0.717) is 11.0 Å². The predicted molar refractivity (Wildman–Crippen MR) is 85.6 cm³/mol. The zero-order valence-electron chi connectivity index (χ0n) is 13.4. The number of aromatic nitrogens is 2. The van der Waals surface area contributed by atoms with Crippen molar-refractivity contribution < 1.29 is 26.7 Å². The van der Waals surface area contributed by atoms with E-state index >= 15 is 0 Å². The van der Waals surface area contributed by atoms with Gasteiger partial charge in [-0.3, -0.25) is 4.57 Å². The van der Waals surface area contributed by atoms with Crippen LogP contribution in [0.15, 0.2) is 36.7 Å². The summed E-state index contributed by atoms with van der Waals surface area (Å²) in [6, 6.07) is 6.39. The molecule has 0 unspecified atom stereocenters. The number of hydrogen-bond acceptors (Lipinski definition) is 5. The third kappa shape index (κ3) is 5.91. The second-order valence-corrected chi connectivity index (χ2v) is 7.05. The van der Waals surface area contributed by atoms with Crippen molar-refractivity contribution in [2.24, 2.45) is 0 Å². The molecule has 0 aliphatic rings. The van der Waals surface area contributed by atoms with Crippen molar-refractivity contribution in [3.63, 3.8) is 0 Å². The van der Waals surface area contributed by atoms with Crippen LogP contribution in [0, 0.1) is 0 Å². The molecule has 0 saturated carbocycles. The molecule has 10 heteroatoms. The molecule has 0 bridgehead atoms. The molecular weight excluding hydrogens is 356 g/mol. The Bertz CT molecular complexity index is 820. The van der Waals surface area contributed by atoms with Crippen LogP contribution in [-0.2, 0) is 27.8 Å². The molecule has 0 aliphatic heterocycles. The van der Waals surface area contributed by atoms with Crippen molar-refractivity contribution in [3.8, 4) is 0 Å². The Kier molecular flexibility index (Phi) is 6.21. The fourth-order valence-electron chi connectivity index (χ4n) is 2.04. The average Bonchev–Trinajstić information content (AvgIpc) is 3.01. The Morgan fingerprint density at radius 3 is 2.60 bits per heavy atom. The first-order valence-electron chi connectivity index (χ1n) is 7.27. The molecule has 0 spiro atoms. The molecule has 0 fully saturated rings. The molecule has 2 aromatic rings. The summed E-state index contributed by atoms with van der Waals surface area (Å²) in [5, 5.41) is 0. The van der Waals surface area contributed by atoms with Gasteiger partial charge in [0.2, 0.25) is 10.0 Å². The Hall–Kier alpha value is -2.33. The van der Waals surface area contributed by atoms with Gasteiger partial charge in [0.05, 0.1) is 11.8 Å². The molecule has 1 aromatic heterocycles. The molecule has 2 rings (SSSR count). The summed E-state index contributed by atoms with van der Waals surface area (Å²) in [6.07, 6.45) is 3.85. The minimum Gasteiger partial charge on any atom is -0.454 e. The minimum absolute atomic E-state index is 0.0492. The van der Waals surface area contributed by atoms with Crippen molar-refractivity contribution in [1.29, 1.82) is 0 Å². The van der Waals surface area contributed by atoms with Crippen LogP contribution in [0.3, 0.4) is 0 Å². The average molecular weight is 373 g/mol. The molecule has 0 radical (unpaired) electrons. The fourth-order valence-corrected chi connectivity index (χ4v) is 2.51. The van der Waals surface area contributed by atoms with Crippen LogP contribution >= 0.6 is 0 Å². The first kappa shape index (κ1) is 19.0. The SMILES string of the molecule is CS(=O)(=O)NCCc1ccc(C(=O)OCc2nccn2C(F)F)cc1. The predicted octanol–water partition coefficient (Wildman–Crippen LogP) is 1.73. The van der Waals surface area contributed by atoms with Crippen LogP contribution in [0.1, 0.15) is 28.3 Å². The molecule has 25 heavy (non-hydrogen) atoms. The summed E-state index contributed by atoms with van der Waals surface area (Å²) in [5.41, 5.74) is 1.09. The van der Waals surface area contributed by atoms with E-state index in [9.17, 15) is 22.0 Å². The molecule has 0 atom stereocenters. The first-order chi connectivity index (χ1) is 11.8. The van der Waals surface area contributed by atoms with Gasteiger partial charge in [0.1, 0.15) is 6.61 Å². The van der Waals surface area contributed by atoms with E-state index < -0.39 is 22.5 Å². The summed E-state index contributed by atoms with van der Waals surface area (Å²) in [6.45, 7) is -2.87. The van der Waals surface area contributed by atoms with Gasteiger partial charge in [-0.05, 0) is 24.1 Å². The summed E-state index contributed by atoms with van der Waals surface area (Å²) >= 11 is 0. The number of nitrogens with one attached hydrogen (secondary N) is 1. The van der Waals surface area contributed by atoms with Crippen molar-refractivity contribution >= 4 is 16.0 Å². The summed E-state index contributed by atoms with van der Waals surface area (Å²) in [7, 11) is -3.24. The lowest BCUT2D eigenvalue weighted by Crippen LogP contribution is -2.24. The number of sulfonamides is 1. The number of esters is 1. The summed E-state index contributed by atoms with van der Waals surface area (Å²) < 4.78 is 55.3. The number of rotatable bonds is 8. The molecular formula is C15H17F2N3O4S. The van der Waals surface area contributed by atoms with Crippen LogP contribution in [0.2, 0.25) is 0 Å². The van der Waals surface area contributed by atoms with Gasteiger partial charge >= 0.3 is 12.5 Å². The van der Waals surface area contributed by atoms with Gasteiger partial charge in [-0.1, -0.05) is 12.1 Å². The van der Waals surface area contributed by atoms with E-state index in [1.54, 1.807) is 12.1 Å². The number of alkyl halides is 2. The third-order valence-electron chi connectivity index (χ3n) is 3.26. The van der Waals surface area contributed by atoms with Crippen molar-refractivity contribution in [1.82, 2.24) is 14.3 Å². The Morgan fingerprint density at radius 1 is 1.32 bits per heavy atom. The lowest BCUT2D eigenvalue weighted by Gasteiger charge is -2.08. The van der Waals surface area contributed by atoms with Crippen LogP contribution in [-0.4, -0.2) is 36.7 Å². The first-order valence-corrected chi connectivity index (χ1v) is 9.16. The zero-order chi connectivity index (χ0) is 18.4. The van der Waals surface area contributed by atoms with E-state index in [0.717, 1.165) is 18.0 Å². The maximum atomic E-state index is 12.7. The normalized spacial score (nSPS) is 11.7. The van der Waals surface area contributed by atoms with Crippen LogP contribution in [0.25, 0.3) is 0 Å². The monoisotopic (exact) mass is 373 g/mol. The number of halogens is 2. The van der Waals surface area contributed by atoms with Gasteiger partial charge in [0, 0.05) is 18.9 Å². The number of hydrogen-bond donors (Lipinski definition) is 1. The van der Waals surface area contributed by atoms with Crippen molar-refractivity contribution in [2.45, 2.75) is 19.6 Å². The molecule has 1 heterocycles. The molecule has 0 aliphatic carbocycles. The highest BCUT2D eigenvalue weighted by atomic mass is 32.2. The van der Waals surface area contributed by atoms with Crippen molar-refractivity contribution in [3.05, 3.63) is 53.6 Å². The number of nitrogens with zero attached hydrogens (tertiary/aromatic N) is 2. The Labute approximate surface area is 143 Å². The Morgan fingerprint density at radius 2 is 2.00 bits per heavy atom. The molecule has 7 nitrogen and oxygen atoms in total. The number of imidazole rings is 1. The Balaban J connectivity index is 1.88. The maximum absolute atomic E-state index is 12.7. The molecule has 0 saturated heterocycles. The van der Waals surface area contributed by atoms with E-state index in [-0.39, 0.29) is 24.5 Å². The maximum Gasteiger partial charge on any atom is 0.338 e. The quantitative estimate of drug-likeness (QED) is 0.712. The molecule has 1 N–H and O–H groups in total.